The van der Waals surface area contributed by atoms with Gasteiger partial charge in [0.25, 0.3) is 0 Å². The number of benzene rings is 2. The van der Waals surface area contributed by atoms with E-state index >= 15 is 0 Å². The zero-order valence-electron chi connectivity index (χ0n) is 14.4. The van der Waals surface area contributed by atoms with Crippen LogP contribution in [-0.4, -0.2) is 37.3 Å². The van der Waals surface area contributed by atoms with Crippen LogP contribution in [0, 0.1) is 18.8 Å². The number of hydrogen-bond donors (Lipinski definition) is 1. The number of piperazine rings is 1. The third-order valence-corrected chi connectivity index (χ3v) is 4.73. The first-order chi connectivity index (χ1) is 12.0. The Kier molecular flexibility index (Phi) is 4.70. The Hall–Kier alpha value is -2.89. The molecule has 0 bridgehead atoms. The van der Waals surface area contributed by atoms with Crippen molar-refractivity contribution in [3.63, 3.8) is 0 Å². The van der Waals surface area contributed by atoms with Crippen LogP contribution in [0.3, 0.4) is 0 Å². The van der Waals surface area contributed by atoms with E-state index in [0.717, 1.165) is 26.2 Å². The zero-order valence-corrected chi connectivity index (χ0v) is 14.4. The van der Waals surface area contributed by atoms with Gasteiger partial charge < -0.3 is 14.9 Å². The maximum atomic E-state index is 11.2. The normalized spacial score (nSPS) is 14.5. The van der Waals surface area contributed by atoms with E-state index in [0.29, 0.717) is 11.3 Å². The van der Waals surface area contributed by atoms with Crippen LogP contribution in [0.2, 0.25) is 0 Å². The van der Waals surface area contributed by atoms with E-state index in [4.69, 9.17) is 0 Å². The maximum Gasteiger partial charge on any atom is 0.336 e. The van der Waals surface area contributed by atoms with E-state index in [9.17, 15) is 14.8 Å². The number of carbonyl (C=O) groups is 1. The number of nitroso groups, excluding NO2 is 1. The summed E-state index contributed by atoms with van der Waals surface area (Å²) in [7, 11) is 0. The minimum Gasteiger partial charge on any atom is -0.478 e. The Labute approximate surface area is 146 Å². The van der Waals surface area contributed by atoms with E-state index in [2.05, 4.69) is 34.0 Å². The summed E-state index contributed by atoms with van der Waals surface area (Å²) >= 11 is 0. The molecule has 0 saturated carbocycles. The van der Waals surface area contributed by atoms with E-state index in [1.165, 1.54) is 17.3 Å². The highest BCUT2D eigenvalue weighted by molar-refractivity contribution is 5.92. The van der Waals surface area contributed by atoms with Gasteiger partial charge in [-0.2, -0.15) is 0 Å². The third kappa shape index (κ3) is 3.33. The Morgan fingerprint density at radius 2 is 1.56 bits per heavy atom. The molecule has 1 saturated heterocycles. The standard InChI is InChI=1S/C19H21N3O3/c1-13-5-3-4-6-17(13)21-7-9-22(10-8-21)18-11-14(2)15(19(23)24)12-16(18)20-25/h3-6,11-12H,7-10H2,1-2H3,(H,23,24). The number of aromatic carboxylic acids is 1. The smallest absolute Gasteiger partial charge is 0.336 e. The van der Waals surface area contributed by atoms with Gasteiger partial charge >= 0.3 is 5.97 Å². The molecule has 2 aromatic rings. The van der Waals surface area contributed by atoms with Crippen molar-refractivity contribution in [3.8, 4) is 0 Å². The summed E-state index contributed by atoms with van der Waals surface area (Å²) in [4.78, 5) is 26.9. The van der Waals surface area contributed by atoms with Crippen LogP contribution in [0.5, 0.6) is 0 Å². The molecule has 2 aromatic carbocycles. The second-order valence-electron chi connectivity index (χ2n) is 6.31. The zero-order chi connectivity index (χ0) is 18.0. The fourth-order valence-electron chi connectivity index (χ4n) is 3.34. The van der Waals surface area contributed by atoms with Gasteiger partial charge in [0.1, 0.15) is 5.69 Å². The summed E-state index contributed by atoms with van der Waals surface area (Å²) in [6.07, 6.45) is 0. The maximum absolute atomic E-state index is 11.2. The van der Waals surface area contributed by atoms with E-state index in [-0.39, 0.29) is 11.3 Å². The molecule has 1 aliphatic rings. The first kappa shape index (κ1) is 17.0. The van der Waals surface area contributed by atoms with Gasteiger partial charge in [0, 0.05) is 31.9 Å². The van der Waals surface area contributed by atoms with Crippen LogP contribution in [0.1, 0.15) is 21.5 Å². The fraction of sp³-hybridized carbons (Fsp3) is 0.316. The van der Waals surface area contributed by atoms with E-state index < -0.39 is 5.97 Å². The van der Waals surface area contributed by atoms with Crippen molar-refractivity contribution in [3.05, 3.63) is 58.0 Å². The van der Waals surface area contributed by atoms with E-state index in [1.54, 1.807) is 13.0 Å². The lowest BCUT2D eigenvalue weighted by Crippen LogP contribution is -2.46. The molecule has 25 heavy (non-hydrogen) atoms. The monoisotopic (exact) mass is 339 g/mol. The van der Waals surface area contributed by atoms with Crippen molar-refractivity contribution in [2.45, 2.75) is 13.8 Å². The molecule has 6 heteroatoms. The van der Waals surface area contributed by atoms with Crippen LogP contribution < -0.4 is 9.80 Å². The number of aryl methyl sites for hydroxylation is 2. The van der Waals surface area contributed by atoms with Gasteiger partial charge in [0.2, 0.25) is 0 Å². The molecule has 130 valence electrons. The van der Waals surface area contributed by atoms with Crippen molar-refractivity contribution >= 4 is 23.0 Å². The molecular formula is C19H21N3O3. The Balaban J connectivity index is 1.81. The van der Waals surface area contributed by atoms with Gasteiger partial charge in [-0.3, -0.25) is 0 Å². The van der Waals surface area contributed by atoms with Gasteiger partial charge in [-0.1, -0.05) is 18.2 Å². The van der Waals surface area contributed by atoms with Crippen LogP contribution >= 0.6 is 0 Å². The van der Waals surface area contributed by atoms with Gasteiger partial charge in [0.05, 0.1) is 11.3 Å². The molecule has 1 N–H and O–H groups in total. The summed E-state index contributed by atoms with van der Waals surface area (Å²) in [5.41, 5.74) is 4.13. The lowest BCUT2D eigenvalue weighted by Gasteiger charge is -2.38. The van der Waals surface area contributed by atoms with Crippen molar-refractivity contribution in [1.82, 2.24) is 0 Å². The Morgan fingerprint density at radius 1 is 0.960 bits per heavy atom. The highest BCUT2D eigenvalue weighted by atomic mass is 16.4. The Morgan fingerprint density at radius 3 is 2.12 bits per heavy atom. The first-order valence-corrected chi connectivity index (χ1v) is 8.28. The number of nitrogens with zero attached hydrogens (tertiary/aromatic N) is 3. The van der Waals surface area contributed by atoms with Gasteiger partial charge in [-0.15, -0.1) is 4.91 Å². The summed E-state index contributed by atoms with van der Waals surface area (Å²) < 4.78 is 0. The van der Waals surface area contributed by atoms with Gasteiger partial charge in [-0.25, -0.2) is 4.79 Å². The predicted molar refractivity (Wildman–Crippen MR) is 99.2 cm³/mol. The number of rotatable bonds is 4. The van der Waals surface area contributed by atoms with Crippen molar-refractivity contribution in [2.24, 2.45) is 5.18 Å². The molecule has 0 aromatic heterocycles. The lowest BCUT2D eigenvalue weighted by atomic mass is 10.0. The topological polar surface area (TPSA) is 73.2 Å². The summed E-state index contributed by atoms with van der Waals surface area (Å²) in [5.74, 6) is -1.04. The second kappa shape index (κ2) is 6.93. The number of carboxylic acids is 1. The summed E-state index contributed by atoms with van der Waals surface area (Å²) in [5, 5.41) is 12.3. The van der Waals surface area contributed by atoms with Crippen LogP contribution in [-0.2, 0) is 0 Å². The second-order valence-corrected chi connectivity index (χ2v) is 6.31. The molecule has 0 unspecified atom stereocenters. The van der Waals surface area contributed by atoms with Crippen LogP contribution in [0.15, 0.2) is 41.6 Å². The molecule has 6 nitrogen and oxygen atoms in total. The number of carboxylic acid groups (broad SMARTS) is 1. The summed E-state index contributed by atoms with van der Waals surface area (Å²) in [6, 6.07) is 11.4. The van der Waals surface area contributed by atoms with Crippen molar-refractivity contribution < 1.29 is 9.90 Å². The molecule has 3 rings (SSSR count). The molecule has 1 heterocycles. The predicted octanol–water partition coefficient (Wildman–Crippen LogP) is 3.73. The third-order valence-electron chi connectivity index (χ3n) is 4.73. The average molecular weight is 339 g/mol. The fourth-order valence-corrected chi connectivity index (χ4v) is 3.34. The molecule has 0 spiro atoms. The van der Waals surface area contributed by atoms with Gasteiger partial charge in [-0.05, 0) is 48.4 Å². The first-order valence-electron chi connectivity index (χ1n) is 8.28. The van der Waals surface area contributed by atoms with Crippen LogP contribution in [0.25, 0.3) is 0 Å². The molecular weight excluding hydrogens is 318 g/mol. The highest BCUT2D eigenvalue weighted by Crippen LogP contribution is 2.33. The lowest BCUT2D eigenvalue weighted by molar-refractivity contribution is 0.0696. The molecule has 1 aliphatic heterocycles. The molecule has 1 fully saturated rings. The molecule has 0 radical (unpaired) electrons. The molecule has 0 atom stereocenters. The van der Waals surface area contributed by atoms with Gasteiger partial charge in [0.15, 0.2) is 0 Å². The minimum absolute atomic E-state index is 0.122. The molecule has 0 amide bonds. The number of para-hydroxylation sites is 1. The Bertz CT molecular complexity index is 812. The highest BCUT2D eigenvalue weighted by Gasteiger charge is 2.22. The quantitative estimate of drug-likeness (QED) is 0.859. The number of anilines is 2. The average Bonchev–Trinajstić information content (AvgIpc) is 2.62. The SMILES string of the molecule is Cc1cc(N2CCN(c3ccccc3C)CC2)c(N=O)cc1C(=O)O. The van der Waals surface area contributed by atoms with Crippen LogP contribution in [0.4, 0.5) is 17.1 Å². The summed E-state index contributed by atoms with van der Waals surface area (Å²) in [6.45, 7) is 7.02. The minimum atomic E-state index is -1.04. The largest absolute Gasteiger partial charge is 0.478 e. The number of hydrogen-bond acceptors (Lipinski definition) is 5. The van der Waals surface area contributed by atoms with E-state index in [1.807, 2.05) is 12.1 Å². The molecule has 0 aliphatic carbocycles. The van der Waals surface area contributed by atoms with Crippen molar-refractivity contribution in [1.29, 1.82) is 0 Å². The van der Waals surface area contributed by atoms with Crippen molar-refractivity contribution in [2.75, 3.05) is 36.0 Å².